The fourth-order valence-corrected chi connectivity index (χ4v) is 6.91. The lowest BCUT2D eigenvalue weighted by Gasteiger charge is -2.27. The van der Waals surface area contributed by atoms with Gasteiger partial charge >= 0.3 is 6.18 Å². The monoisotopic (exact) mass is 876 g/mol. The summed E-state index contributed by atoms with van der Waals surface area (Å²) in [5.74, 6) is -3.37. The number of amides is 5. The summed E-state index contributed by atoms with van der Waals surface area (Å²) in [6, 6.07) is 18.6. The highest BCUT2D eigenvalue weighted by atomic mass is 19.4. The van der Waals surface area contributed by atoms with Crippen LogP contribution in [0.5, 0.6) is 5.75 Å². The Labute approximate surface area is 358 Å². The molecule has 2 aliphatic heterocycles. The number of hydrogen-bond donors (Lipinski definition) is 2. The van der Waals surface area contributed by atoms with Crippen molar-refractivity contribution < 1.29 is 60.5 Å². The van der Waals surface area contributed by atoms with Gasteiger partial charge in [-0.05, 0) is 73.2 Å². The van der Waals surface area contributed by atoms with Gasteiger partial charge in [-0.15, -0.1) is 0 Å². The van der Waals surface area contributed by atoms with Crippen molar-refractivity contribution in [3.63, 3.8) is 0 Å². The molecule has 2 aliphatic rings. The number of carbonyl (C=O) groups is 5. The van der Waals surface area contributed by atoms with Crippen LogP contribution in [0.25, 0.3) is 16.7 Å². The largest absolute Gasteiger partial charge is 0.491 e. The van der Waals surface area contributed by atoms with Crippen molar-refractivity contribution in [3.8, 4) is 11.4 Å². The minimum absolute atomic E-state index is 0. The topological polar surface area (TPSA) is 171 Å². The minimum atomic E-state index is -4.64. The standard InChI is InChI=1S/C43H40F4N6O9.CH4/c1-51(29-6-3-7-30(24-29)52-35-11-8-28(44)23-34(35)48-42(52)50-38(55)26-4-2-5-27(22-26)43(45,46)47)14-15-59-16-17-60-18-19-61-20-21-62-31-9-10-32-33(25-31)41(58)53(40(32)57)36-12-13-37(54)49-39(36)56;/h2-11,22-25,36H,12-21H2,1H3,(H,48,50,55)(H,49,54,56);1H4. The zero-order valence-corrected chi connectivity index (χ0v) is 33.2. The lowest BCUT2D eigenvalue weighted by molar-refractivity contribution is -0.138. The number of alkyl halides is 3. The number of aromatic nitrogens is 2. The van der Waals surface area contributed by atoms with Crippen molar-refractivity contribution >= 4 is 52.2 Å². The predicted molar refractivity (Wildman–Crippen MR) is 221 cm³/mol. The fourth-order valence-electron chi connectivity index (χ4n) is 6.91. The first-order chi connectivity index (χ1) is 29.8. The van der Waals surface area contributed by atoms with E-state index in [4.69, 9.17) is 18.9 Å². The molecule has 5 amide bonds. The number of imidazole rings is 1. The molecule has 0 bridgehead atoms. The first-order valence-corrected chi connectivity index (χ1v) is 19.5. The summed E-state index contributed by atoms with van der Waals surface area (Å²) in [4.78, 5) is 70.0. The van der Waals surface area contributed by atoms with Crippen LogP contribution < -0.4 is 20.3 Å². The third-order valence-electron chi connectivity index (χ3n) is 10.0. The van der Waals surface area contributed by atoms with E-state index in [9.17, 15) is 41.5 Å². The van der Waals surface area contributed by atoms with E-state index in [2.05, 4.69) is 15.6 Å². The zero-order valence-electron chi connectivity index (χ0n) is 33.2. The van der Waals surface area contributed by atoms with Crippen molar-refractivity contribution in [1.82, 2.24) is 19.8 Å². The zero-order chi connectivity index (χ0) is 44.0. The van der Waals surface area contributed by atoms with Crippen LogP contribution in [-0.2, 0) is 30.0 Å². The van der Waals surface area contributed by atoms with Crippen LogP contribution in [-0.4, -0.2) is 110 Å². The molecule has 1 aromatic heterocycles. The lowest BCUT2D eigenvalue weighted by atomic mass is 10.0. The van der Waals surface area contributed by atoms with Crippen molar-refractivity contribution in [2.75, 3.05) is 70.1 Å². The van der Waals surface area contributed by atoms with E-state index in [1.807, 2.05) is 24.1 Å². The molecule has 0 radical (unpaired) electrons. The summed E-state index contributed by atoms with van der Waals surface area (Å²) in [5.41, 5.74) is 1.11. The Hall–Kier alpha value is -6.70. The SMILES string of the molecule is C.CN(CCOCCOCCOCCOc1ccc2c(c1)C(=O)N(C1CCC(=O)NC1=O)C2=O)c1cccc(-n2c(NC(=O)c3cccc(C(F)(F)F)c3)nc3cc(F)ccc32)c1. The maximum Gasteiger partial charge on any atom is 0.416 e. The third kappa shape index (κ3) is 10.7. The van der Waals surface area contributed by atoms with Crippen molar-refractivity contribution in [3.05, 3.63) is 113 Å². The van der Waals surface area contributed by atoms with Crippen LogP contribution >= 0.6 is 0 Å². The molecule has 0 aliphatic carbocycles. The Morgan fingerprint density at radius 2 is 1.54 bits per heavy atom. The van der Waals surface area contributed by atoms with E-state index >= 15 is 0 Å². The molecule has 4 aromatic carbocycles. The average Bonchev–Trinajstić information content (AvgIpc) is 3.72. The van der Waals surface area contributed by atoms with E-state index in [1.165, 1.54) is 36.4 Å². The number of ether oxygens (including phenoxy) is 4. The quantitative estimate of drug-likeness (QED) is 0.0598. The molecule has 1 atom stereocenters. The van der Waals surface area contributed by atoms with Gasteiger partial charge in [0, 0.05) is 37.3 Å². The summed E-state index contributed by atoms with van der Waals surface area (Å²) in [5, 5.41) is 4.76. The first kappa shape index (κ1) is 45.8. The van der Waals surface area contributed by atoms with Crippen LogP contribution in [0.2, 0.25) is 0 Å². The molecule has 63 heavy (non-hydrogen) atoms. The maximum absolute atomic E-state index is 14.2. The molecular weight excluding hydrogens is 833 g/mol. The molecule has 7 rings (SSSR count). The number of fused-ring (bicyclic) bond motifs is 2. The van der Waals surface area contributed by atoms with E-state index in [0.29, 0.717) is 49.9 Å². The number of imide groups is 2. The normalized spacial score (nSPS) is 15.0. The van der Waals surface area contributed by atoms with E-state index in [0.717, 1.165) is 28.8 Å². The van der Waals surface area contributed by atoms with Gasteiger partial charge in [0.15, 0.2) is 0 Å². The molecule has 1 saturated heterocycles. The molecule has 332 valence electrons. The number of anilines is 2. The number of halogens is 4. The number of nitrogens with zero attached hydrogens (tertiary/aromatic N) is 4. The third-order valence-corrected chi connectivity index (χ3v) is 10.0. The average molecular weight is 877 g/mol. The van der Waals surface area contributed by atoms with Crippen molar-refractivity contribution in [2.45, 2.75) is 32.5 Å². The minimum Gasteiger partial charge on any atom is -0.491 e. The van der Waals surface area contributed by atoms with E-state index in [-0.39, 0.29) is 68.2 Å². The second-order valence-electron chi connectivity index (χ2n) is 14.2. The number of nitrogens with one attached hydrogen (secondary N) is 2. The van der Waals surface area contributed by atoms with Crippen LogP contribution in [0.1, 0.15) is 56.9 Å². The highest BCUT2D eigenvalue weighted by Gasteiger charge is 2.44. The van der Waals surface area contributed by atoms with Gasteiger partial charge in [0.25, 0.3) is 17.7 Å². The van der Waals surface area contributed by atoms with Crippen LogP contribution in [0, 0.1) is 5.82 Å². The molecule has 0 spiro atoms. The van der Waals surface area contributed by atoms with Gasteiger partial charge < -0.3 is 23.8 Å². The Morgan fingerprint density at radius 1 is 0.841 bits per heavy atom. The van der Waals surface area contributed by atoms with Gasteiger partial charge in [0.2, 0.25) is 17.8 Å². The Bertz CT molecular complexity index is 2510. The van der Waals surface area contributed by atoms with E-state index < -0.39 is 53.1 Å². The van der Waals surface area contributed by atoms with Gasteiger partial charge in [0.1, 0.15) is 24.2 Å². The maximum atomic E-state index is 14.2. The van der Waals surface area contributed by atoms with Gasteiger partial charge in [-0.25, -0.2) is 9.37 Å². The van der Waals surface area contributed by atoms with Gasteiger partial charge in [-0.3, -0.25) is 44.1 Å². The number of likely N-dealkylation sites (N-methyl/N-ethyl adjacent to an activating group) is 1. The summed E-state index contributed by atoms with van der Waals surface area (Å²) < 4.78 is 78.3. The summed E-state index contributed by atoms with van der Waals surface area (Å²) in [7, 11) is 1.86. The summed E-state index contributed by atoms with van der Waals surface area (Å²) >= 11 is 0. The number of piperidine rings is 1. The van der Waals surface area contributed by atoms with Crippen molar-refractivity contribution in [1.29, 1.82) is 0 Å². The molecule has 1 fully saturated rings. The molecule has 19 heteroatoms. The first-order valence-electron chi connectivity index (χ1n) is 19.5. The van der Waals surface area contributed by atoms with Gasteiger partial charge in [0.05, 0.1) is 73.1 Å². The molecule has 5 aromatic rings. The van der Waals surface area contributed by atoms with Gasteiger partial charge in [-0.1, -0.05) is 19.6 Å². The Balaban J connectivity index is 0.00000661. The number of benzene rings is 4. The highest BCUT2D eigenvalue weighted by molar-refractivity contribution is 6.23. The lowest BCUT2D eigenvalue weighted by Crippen LogP contribution is -2.54. The number of hydrogen-bond acceptors (Lipinski definition) is 11. The van der Waals surface area contributed by atoms with Crippen molar-refractivity contribution in [2.24, 2.45) is 0 Å². The van der Waals surface area contributed by atoms with E-state index in [1.54, 1.807) is 22.8 Å². The number of carbonyl (C=O) groups excluding carboxylic acids is 5. The molecule has 2 N–H and O–H groups in total. The molecule has 3 heterocycles. The Morgan fingerprint density at radius 3 is 2.27 bits per heavy atom. The highest BCUT2D eigenvalue weighted by Crippen LogP contribution is 2.32. The van der Waals surface area contributed by atoms with Gasteiger partial charge in [-0.2, -0.15) is 13.2 Å². The molecule has 1 unspecified atom stereocenters. The molecule has 15 nitrogen and oxygen atoms in total. The van der Waals surface area contributed by atoms with Crippen LogP contribution in [0.15, 0.2) is 84.9 Å². The second kappa shape index (κ2) is 20.0. The fraction of sp³-hybridized carbons (Fsp3) is 0.318. The summed E-state index contributed by atoms with van der Waals surface area (Å²) in [6.07, 6.45) is -4.54. The second-order valence-corrected chi connectivity index (χ2v) is 14.2. The molecular formula is C44H44F4N6O9. The van der Waals surface area contributed by atoms with Crippen LogP contribution in [0.3, 0.4) is 0 Å². The van der Waals surface area contributed by atoms with Crippen LogP contribution in [0.4, 0.5) is 29.2 Å². The summed E-state index contributed by atoms with van der Waals surface area (Å²) in [6.45, 7) is 2.49. The Kier molecular flexibility index (Phi) is 14.5. The number of rotatable bonds is 18. The smallest absolute Gasteiger partial charge is 0.416 e. The predicted octanol–water partition coefficient (Wildman–Crippen LogP) is 6.04. The molecule has 0 saturated carbocycles.